The third-order valence-corrected chi connectivity index (χ3v) is 5.68. The van der Waals surface area contributed by atoms with Gasteiger partial charge in [0.2, 0.25) is 0 Å². The Bertz CT molecular complexity index is 955. The van der Waals surface area contributed by atoms with Crippen LogP contribution in [0.1, 0.15) is 51.5 Å². The molecule has 3 aromatic rings. The Labute approximate surface area is 203 Å². The summed E-state index contributed by atoms with van der Waals surface area (Å²) in [6.07, 6.45) is 6.22. The monoisotopic (exact) mass is 466 g/mol. The van der Waals surface area contributed by atoms with Crippen molar-refractivity contribution >= 4 is 0 Å². The molecule has 1 aromatic heterocycles. The molecule has 1 heterocycles. The molecular formula is C26H38N6O2. The lowest BCUT2D eigenvalue weighted by atomic mass is 10.2. The average Bonchev–Trinajstić information content (AvgIpc) is 3.34. The Morgan fingerprint density at radius 3 is 2.35 bits per heavy atom. The smallest absolute Gasteiger partial charge is 0.346 e. The van der Waals surface area contributed by atoms with Gasteiger partial charge in [-0.3, -0.25) is 0 Å². The summed E-state index contributed by atoms with van der Waals surface area (Å²) in [5, 5.41) is 15.4. The average molecular weight is 467 g/mol. The SMILES string of the molecule is CCCCN(CCCC)CCCNCc1ccc(Oc2nnnn2-c2ccccc2)c(OC)c1. The number of rotatable bonds is 16. The zero-order chi connectivity index (χ0) is 24.0. The van der Waals surface area contributed by atoms with Crippen molar-refractivity contribution in [2.24, 2.45) is 0 Å². The maximum Gasteiger partial charge on any atom is 0.346 e. The highest BCUT2D eigenvalue weighted by atomic mass is 16.5. The van der Waals surface area contributed by atoms with E-state index >= 15 is 0 Å². The quantitative estimate of drug-likeness (QED) is 0.303. The molecule has 0 aliphatic heterocycles. The number of nitrogens with zero attached hydrogens (tertiary/aromatic N) is 5. The largest absolute Gasteiger partial charge is 0.493 e. The molecule has 0 saturated carbocycles. The number of aromatic nitrogens is 4. The predicted molar refractivity (Wildman–Crippen MR) is 135 cm³/mol. The van der Waals surface area contributed by atoms with Crippen molar-refractivity contribution in [2.45, 2.75) is 52.5 Å². The van der Waals surface area contributed by atoms with Gasteiger partial charge in [0.1, 0.15) is 0 Å². The first kappa shape index (κ1) is 25.6. The van der Waals surface area contributed by atoms with Gasteiger partial charge in [-0.25, -0.2) is 0 Å². The van der Waals surface area contributed by atoms with Crippen molar-refractivity contribution in [2.75, 3.05) is 33.3 Å². The lowest BCUT2D eigenvalue weighted by molar-refractivity contribution is 0.261. The molecule has 0 atom stereocenters. The van der Waals surface area contributed by atoms with Crippen LogP contribution in [0.25, 0.3) is 5.69 Å². The number of unbranched alkanes of at least 4 members (excludes halogenated alkanes) is 2. The Kier molecular flexibility index (Phi) is 10.8. The molecular weight excluding hydrogens is 428 g/mol. The Balaban J connectivity index is 1.51. The van der Waals surface area contributed by atoms with Crippen molar-refractivity contribution in [1.82, 2.24) is 30.4 Å². The summed E-state index contributed by atoms with van der Waals surface area (Å²) < 4.78 is 13.1. The minimum absolute atomic E-state index is 0.283. The molecule has 0 fully saturated rings. The van der Waals surface area contributed by atoms with Gasteiger partial charge in [0.05, 0.1) is 12.8 Å². The molecule has 0 unspecified atom stereocenters. The van der Waals surface area contributed by atoms with Gasteiger partial charge in [-0.1, -0.05) is 56.1 Å². The summed E-state index contributed by atoms with van der Waals surface area (Å²) in [5.74, 6) is 1.22. The van der Waals surface area contributed by atoms with Crippen LogP contribution in [0.3, 0.4) is 0 Å². The van der Waals surface area contributed by atoms with Crippen LogP contribution in [0, 0.1) is 0 Å². The number of para-hydroxylation sites is 1. The molecule has 0 aliphatic rings. The second-order valence-corrected chi connectivity index (χ2v) is 8.38. The van der Waals surface area contributed by atoms with E-state index in [1.807, 2.05) is 48.5 Å². The van der Waals surface area contributed by atoms with Crippen LogP contribution >= 0.6 is 0 Å². The number of ether oxygens (including phenoxy) is 2. The van der Waals surface area contributed by atoms with E-state index in [0.717, 1.165) is 37.3 Å². The van der Waals surface area contributed by atoms with Gasteiger partial charge < -0.3 is 19.7 Å². The van der Waals surface area contributed by atoms with Crippen molar-refractivity contribution in [3.8, 4) is 23.2 Å². The van der Waals surface area contributed by atoms with Crippen molar-refractivity contribution in [1.29, 1.82) is 0 Å². The molecule has 0 saturated heterocycles. The molecule has 34 heavy (non-hydrogen) atoms. The highest BCUT2D eigenvalue weighted by Gasteiger charge is 2.14. The van der Waals surface area contributed by atoms with Gasteiger partial charge in [0.25, 0.3) is 0 Å². The van der Waals surface area contributed by atoms with E-state index in [1.165, 1.54) is 38.8 Å². The van der Waals surface area contributed by atoms with Crippen LogP contribution in [0.2, 0.25) is 0 Å². The maximum atomic E-state index is 5.99. The topological polar surface area (TPSA) is 77.3 Å². The van der Waals surface area contributed by atoms with Crippen LogP contribution in [-0.2, 0) is 6.54 Å². The van der Waals surface area contributed by atoms with E-state index in [9.17, 15) is 0 Å². The van der Waals surface area contributed by atoms with E-state index in [-0.39, 0.29) is 6.01 Å². The minimum Gasteiger partial charge on any atom is -0.493 e. The molecule has 8 heteroatoms. The number of hydrogen-bond donors (Lipinski definition) is 1. The Morgan fingerprint density at radius 2 is 1.65 bits per heavy atom. The van der Waals surface area contributed by atoms with Gasteiger partial charge in [-0.2, -0.15) is 4.68 Å². The fourth-order valence-corrected chi connectivity index (χ4v) is 3.74. The first-order valence-corrected chi connectivity index (χ1v) is 12.4. The lowest BCUT2D eigenvalue weighted by Crippen LogP contribution is -2.29. The summed E-state index contributed by atoms with van der Waals surface area (Å²) in [6.45, 7) is 9.86. The van der Waals surface area contributed by atoms with E-state index < -0.39 is 0 Å². The van der Waals surface area contributed by atoms with Crippen LogP contribution in [-0.4, -0.2) is 58.4 Å². The maximum absolute atomic E-state index is 5.99. The van der Waals surface area contributed by atoms with Gasteiger partial charge in [0.15, 0.2) is 11.5 Å². The summed E-state index contributed by atoms with van der Waals surface area (Å²) in [4.78, 5) is 2.60. The molecule has 3 rings (SSSR count). The fourth-order valence-electron chi connectivity index (χ4n) is 3.74. The first-order chi connectivity index (χ1) is 16.7. The van der Waals surface area contributed by atoms with Gasteiger partial charge >= 0.3 is 6.01 Å². The second kappa shape index (κ2) is 14.3. The normalized spacial score (nSPS) is 11.2. The van der Waals surface area contributed by atoms with Crippen LogP contribution in [0.4, 0.5) is 0 Å². The summed E-state index contributed by atoms with van der Waals surface area (Å²) in [7, 11) is 1.64. The van der Waals surface area contributed by atoms with Gasteiger partial charge in [0, 0.05) is 6.54 Å². The van der Waals surface area contributed by atoms with E-state index in [0.29, 0.717) is 11.5 Å². The molecule has 8 nitrogen and oxygen atoms in total. The number of benzene rings is 2. The number of nitrogens with one attached hydrogen (secondary N) is 1. The second-order valence-electron chi connectivity index (χ2n) is 8.38. The Morgan fingerprint density at radius 1 is 0.912 bits per heavy atom. The number of tetrazole rings is 1. The molecule has 1 N–H and O–H groups in total. The molecule has 184 valence electrons. The van der Waals surface area contributed by atoms with E-state index in [1.54, 1.807) is 11.8 Å². The molecule has 0 spiro atoms. The van der Waals surface area contributed by atoms with Crippen molar-refractivity contribution in [3.05, 3.63) is 54.1 Å². The van der Waals surface area contributed by atoms with Crippen LogP contribution < -0.4 is 14.8 Å². The third kappa shape index (κ3) is 7.81. The summed E-state index contributed by atoms with van der Waals surface area (Å²) in [6, 6.07) is 15.9. The molecule has 0 radical (unpaired) electrons. The van der Waals surface area contributed by atoms with Gasteiger partial charge in [-0.05, 0) is 85.7 Å². The summed E-state index contributed by atoms with van der Waals surface area (Å²) >= 11 is 0. The third-order valence-electron chi connectivity index (χ3n) is 5.68. The summed E-state index contributed by atoms with van der Waals surface area (Å²) in [5.41, 5.74) is 1.96. The molecule has 0 bridgehead atoms. The highest BCUT2D eigenvalue weighted by Crippen LogP contribution is 2.32. The van der Waals surface area contributed by atoms with Crippen molar-refractivity contribution in [3.63, 3.8) is 0 Å². The number of methoxy groups -OCH3 is 1. The first-order valence-electron chi connectivity index (χ1n) is 12.4. The Hall–Kier alpha value is -2.97. The molecule has 0 amide bonds. The fraction of sp³-hybridized carbons (Fsp3) is 0.500. The minimum atomic E-state index is 0.283. The van der Waals surface area contributed by atoms with Crippen LogP contribution in [0.5, 0.6) is 17.5 Å². The van der Waals surface area contributed by atoms with Gasteiger partial charge in [-0.15, -0.1) is 0 Å². The van der Waals surface area contributed by atoms with E-state index in [2.05, 4.69) is 39.6 Å². The number of hydrogen-bond acceptors (Lipinski definition) is 7. The van der Waals surface area contributed by atoms with Crippen molar-refractivity contribution < 1.29 is 9.47 Å². The predicted octanol–water partition coefficient (Wildman–Crippen LogP) is 4.85. The zero-order valence-corrected chi connectivity index (χ0v) is 20.7. The zero-order valence-electron chi connectivity index (χ0n) is 20.7. The van der Waals surface area contributed by atoms with E-state index in [4.69, 9.17) is 9.47 Å². The molecule has 0 aliphatic carbocycles. The highest BCUT2D eigenvalue weighted by molar-refractivity contribution is 5.44. The lowest BCUT2D eigenvalue weighted by Gasteiger charge is -2.22. The van der Waals surface area contributed by atoms with Crippen LogP contribution in [0.15, 0.2) is 48.5 Å². The molecule has 2 aromatic carbocycles. The standard InChI is InChI=1S/C26H38N6O2/c1-4-6-17-31(18-7-5-2)19-11-16-27-21-22-14-15-24(25(20-22)33-3)34-26-28-29-30-32(26)23-12-9-8-10-13-23/h8-10,12-15,20,27H,4-7,11,16-19,21H2,1-3H3.